The zero-order valence-corrected chi connectivity index (χ0v) is 18.5. The second-order valence-corrected chi connectivity index (χ2v) is 9.18. The number of nitrogens with one attached hydrogen (secondary N) is 1. The van der Waals surface area contributed by atoms with Gasteiger partial charge in [0.2, 0.25) is 5.91 Å². The summed E-state index contributed by atoms with van der Waals surface area (Å²) in [6.07, 6.45) is 4.15. The van der Waals surface area contributed by atoms with Crippen molar-refractivity contribution in [1.82, 2.24) is 10.2 Å². The molecule has 1 saturated carbocycles. The van der Waals surface area contributed by atoms with Crippen LogP contribution < -0.4 is 10.1 Å². The average molecular weight is 407 g/mol. The van der Waals surface area contributed by atoms with Crippen LogP contribution >= 0.6 is 0 Å². The predicted octanol–water partition coefficient (Wildman–Crippen LogP) is 4.27. The van der Waals surface area contributed by atoms with Gasteiger partial charge in [-0.05, 0) is 80.8 Å². The van der Waals surface area contributed by atoms with Gasteiger partial charge in [0.25, 0.3) is 0 Å². The van der Waals surface area contributed by atoms with E-state index in [-0.39, 0.29) is 17.2 Å². The van der Waals surface area contributed by atoms with Crippen molar-refractivity contribution < 1.29 is 9.53 Å². The number of aryl methyl sites for hydroxylation is 2. The Labute approximate surface area is 180 Å². The van der Waals surface area contributed by atoms with Crippen molar-refractivity contribution in [3.8, 4) is 5.75 Å². The highest BCUT2D eigenvalue weighted by Gasteiger charge is 2.58. The maximum Gasteiger partial charge on any atom is 0.223 e. The van der Waals surface area contributed by atoms with Crippen molar-refractivity contribution in [3.05, 3.63) is 64.7 Å². The van der Waals surface area contributed by atoms with E-state index in [0.29, 0.717) is 6.54 Å². The van der Waals surface area contributed by atoms with Gasteiger partial charge in [-0.15, -0.1) is 0 Å². The molecule has 2 fully saturated rings. The number of benzene rings is 2. The standard InChI is InChI=1S/C26H34N2O2/c1-19-8-9-20(2)22(16-19)18-28-14-11-26(12-15-28)17-23(26)25(29)27-13-10-21-6-4-5-7-24(21)30-3/h4-9,16,23H,10-15,17-18H2,1-3H3,(H,27,29)/t23-/m1/s1. The molecular formula is C26H34N2O2. The van der Waals surface area contributed by atoms with E-state index >= 15 is 0 Å². The summed E-state index contributed by atoms with van der Waals surface area (Å²) in [5, 5.41) is 3.17. The molecule has 0 aromatic heterocycles. The summed E-state index contributed by atoms with van der Waals surface area (Å²) >= 11 is 0. The number of nitrogens with zero attached hydrogens (tertiary/aromatic N) is 1. The Bertz CT molecular complexity index is 900. The van der Waals surface area contributed by atoms with Gasteiger partial charge in [0.1, 0.15) is 5.75 Å². The molecule has 0 radical (unpaired) electrons. The molecule has 1 saturated heterocycles. The smallest absolute Gasteiger partial charge is 0.223 e. The van der Waals surface area contributed by atoms with E-state index in [1.807, 2.05) is 18.2 Å². The largest absolute Gasteiger partial charge is 0.496 e. The van der Waals surface area contributed by atoms with Crippen molar-refractivity contribution in [2.45, 2.75) is 46.1 Å². The van der Waals surface area contributed by atoms with Crippen LogP contribution in [0.3, 0.4) is 0 Å². The van der Waals surface area contributed by atoms with Crippen molar-refractivity contribution in [3.63, 3.8) is 0 Å². The molecule has 1 aliphatic carbocycles. The summed E-state index contributed by atoms with van der Waals surface area (Å²) in [6, 6.07) is 14.7. The minimum Gasteiger partial charge on any atom is -0.496 e. The number of ether oxygens (including phenoxy) is 1. The van der Waals surface area contributed by atoms with Gasteiger partial charge in [-0.1, -0.05) is 42.0 Å². The van der Waals surface area contributed by atoms with E-state index in [0.717, 1.165) is 56.6 Å². The van der Waals surface area contributed by atoms with Crippen molar-refractivity contribution in [1.29, 1.82) is 0 Å². The molecule has 2 aliphatic rings. The second kappa shape index (κ2) is 8.81. The molecule has 1 heterocycles. The third-order valence-electron chi connectivity index (χ3n) is 7.14. The van der Waals surface area contributed by atoms with E-state index in [1.54, 1.807) is 7.11 Å². The van der Waals surface area contributed by atoms with Crippen LogP contribution in [-0.4, -0.2) is 37.6 Å². The zero-order valence-electron chi connectivity index (χ0n) is 18.5. The number of carbonyl (C=O) groups excluding carboxylic acids is 1. The number of amides is 1. The molecule has 1 amide bonds. The molecule has 1 atom stereocenters. The number of likely N-dealkylation sites (tertiary alicyclic amines) is 1. The molecule has 4 nitrogen and oxygen atoms in total. The molecule has 1 aliphatic heterocycles. The van der Waals surface area contributed by atoms with E-state index in [9.17, 15) is 4.79 Å². The normalized spacial score (nSPS) is 20.2. The molecule has 1 N–H and O–H groups in total. The van der Waals surface area contributed by atoms with Crippen LogP contribution in [0.2, 0.25) is 0 Å². The summed E-state index contributed by atoms with van der Waals surface area (Å²) in [7, 11) is 1.69. The predicted molar refractivity (Wildman–Crippen MR) is 121 cm³/mol. The second-order valence-electron chi connectivity index (χ2n) is 9.18. The fourth-order valence-electron chi connectivity index (χ4n) is 4.99. The Kier molecular flexibility index (Phi) is 6.14. The summed E-state index contributed by atoms with van der Waals surface area (Å²) in [6.45, 7) is 8.25. The van der Waals surface area contributed by atoms with Crippen LogP contribution in [0.1, 0.15) is 41.5 Å². The Morgan fingerprint density at radius 1 is 1.13 bits per heavy atom. The maximum absolute atomic E-state index is 12.7. The van der Waals surface area contributed by atoms with Gasteiger partial charge in [0.15, 0.2) is 0 Å². The first kappa shape index (κ1) is 20.9. The van der Waals surface area contributed by atoms with Crippen LogP contribution in [0, 0.1) is 25.2 Å². The molecule has 4 heteroatoms. The number of carbonyl (C=O) groups is 1. The van der Waals surface area contributed by atoms with Gasteiger partial charge < -0.3 is 10.1 Å². The molecule has 2 aromatic rings. The first-order valence-electron chi connectivity index (χ1n) is 11.2. The quantitative estimate of drug-likeness (QED) is 0.746. The van der Waals surface area contributed by atoms with Gasteiger partial charge in [-0.3, -0.25) is 9.69 Å². The third kappa shape index (κ3) is 4.54. The topological polar surface area (TPSA) is 41.6 Å². The van der Waals surface area contributed by atoms with Crippen molar-refractivity contribution in [2.75, 3.05) is 26.7 Å². The summed E-state index contributed by atoms with van der Waals surface area (Å²) in [4.78, 5) is 15.3. The van der Waals surface area contributed by atoms with Gasteiger partial charge in [-0.2, -0.15) is 0 Å². The van der Waals surface area contributed by atoms with E-state index in [1.165, 1.54) is 16.7 Å². The molecule has 2 aromatic carbocycles. The van der Waals surface area contributed by atoms with E-state index < -0.39 is 0 Å². The minimum absolute atomic E-state index is 0.207. The first-order valence-corrected chi connectivity index (χ1v) is 11.2. The highest BCUT2D eigenvalue weighted by atomic mass is 16.5. The molecule has 0 bridgehead atoms. The van der Waals surface area contributed by atoms with Crippen LogP contribution in [0.15, 0.2) is 42.5 Å². The number of hydrogen-bond acceptors (Lipinski definition) is 3. The Hall–Kier alpha value is -2.33. The van der Waals surface area contributed by atoms with Gasteiger partial charge in [-0.25, -0.2) is 0 Å². The lowest BCUT2D eigenvalue weighted by Crippen LogP contribution is -2.37. The van der Waals surface area contributed by atoms with Gasteiger partial charge in [0.05, 0.1) is 7.11 Å². The number of hydrogen-bond donors (Lipinski definition) is 1. The Morgan fingerprint density at radius 2 is 1.90 bits per heavy atom. The lowest BCUT2D eigenvalue weighted by Gasteiger charge is -2.33. The van der Waals surface area contributed by atoms with Crippen LogP contribution in [-0.2, 0) is 17.8 Å². The molecule has 4 rings (SSSR count). The summed E-state index contributed by atoms with van der Waals surface area (Å²) in [5.41, 5.74) is 5.54. The lowest BCUT2D eigenvalue weighted by atomic mass is 9.90. The monoisotopic (exact) mass is 406 g/mol. The highest BCUT2D eigenvalue weighted by Crippen LogP contribution is 2.59. The highest BCUT2D eigenvalue weighted by molar-refractivity contribution is 5.82. The fraction of sp³-hybridized carbons (Fsp3) is 0.500. The minimum atomic E-state index is 0.207. The SMILES string of the molecule is COc1ccccc1CCNC(=O)[C@H]1CC12CCN(Cc1cc(C)ccc1C)CC2. The summed E-state index contributed by atoms with van der Waals surface area (Å²) < 4.78 is 5.40. The molecular weight excluding hydrogens is 372 g/mol. The van der Waals surface area contributed by atoms with Crippen LogP contribution in [0.25, 0.3) is 0 Å². The lowest BCUT2D eigenvalue weighted by molar-refractivity contribution is -0.123. The summed E-state index contributed by atoms with van der Waals surface area (Å²) in [5.74, 6) is 1.34. The number of rotatable bonds is 7. The number of para-hydroxylation sites is 1. The third-order valence-corrected chi connectivity index (χ3v) is 7.14. The van der Waals surface area contributed by atoms with Crippen LogP contribution in [0.5, 0.6) is 5.75 Å². The number of methoxy groups -OCH3 is 1. The van der Waals surface area contributed by atoms with Crippen LogP contribution in [0.4, 0.5) is 0 Å². The maximum atomic E-state index is 12.7. The average Bonchev–Trinajstić information content (AvgIpc) is 3.46. The van der Waals surface area contributed by atoms with E-state index in [2.05, 4.69) is 48.3 Å². The van der Waals surface area contributed by atoms with Crippen molar-refractivity contribution in [2.24, 2.45) is 11.3 Å². The van der Waals surface area contributed by atoms with Gasteiger partial charge in [0, 0.05) is 19.0 Å². The fourth-order valence-corrected chi connectivity index (χ4v) is 4.99. The molecule has 30 heavy (non-hydrogen) atoms. The Morgan fingerprint density at radius 3 is 2.67 bits per heavy atom. The zero-order chi connectivity index (χ0) is 21.1. The van der Waals surface area contributed by atoms with E-state index in [4.69, 9.17) is 4.74 Å². The van der Waals surface area contributed by atoms with Gasteiger partial charge >= 0.3 is 0 Å². The Balaban J connectivity index is 1.23. The number of piperidine rings is 1. The first-order chi connectivity index (χ1) is 14.5. The molecule has 160 valence electrons. The van der Waals surface area contributed by atoms with Crippen molar-refractivity contribution >= 4 is 5.91 Å². The molecule has 1 spiro atoms. The molecule has 0 unspecified atom stereocenters.